The van der Waals surface area contributed by atoms with Gasteiger partial charge < -0.3 is 15.2 Å². The first kappa shape index (κ1) is 16.0. The molecule has 1 amide bonds. The molecule has 1 aromatic rings. The first-order valence-corrected chi connectivity index (χ1v) is 6.65. The smallest absolute Gasteiger partial charge is 0.303 e. The van der Waals surface area contributed by atoms with E-state index in [4.69, 9.17) is 9.84 Å². The van der Waals surface area contributed by atoms with Crippen molar-refractivity contribution in [1.82, 2.24) is 5.32 Å². The fourth-order valence-electron chi connectivity index (χ4n) is 1.84. The van der Waals surface area contributed by atoms with Crippen LogP contribution in [0.3, 0.4) is 0 Å². The summed E-state index contributed by atoms with van der Waals surface area (Å²) in [5.41, 5.74) is 2.03. The number of carbonyl (C=O) groups is 2. The molecule has 0 saturated heterocycles. The second-order valence-corrected chi connectivity index (χ2v) is 4.69. The molecule has 5 nitrogen and oxygen atoms in total. The number of amides is 1. The zero-order valence-corrected chi connectivity index (χ0v) is 11.9. The molecule has 5 heteroatoms. The van der Waals surface area contributed by atoms with E-state index in [2.05, 4.69) is 5.32 Å². The molecule has 2 N–H and O–H groups in total. The number of ether oxygens (including phenoxy) is 1. The lowest BCUT2D eigenvalue weighted by atomic mass is 10.1. The zero-order chi connectivity index (χ0) is 15.0. The number of carboxylic acid groups (broad SMARTS) is 1. The Bertz CT molecular complexity index is 471. The molecule has 0 saturated carbocycles. The molecule has 1 aromatic carbocycles. The lowest BCUT2D eigenvalue weighted by Gasteiger charge is -2.10. The Labute approximate surface area is 118 Å². The third-order valence-electron chi connectivity index (χ3n) is 2.96. The number of methoxy groups -OCH3 is 1. The molecule has 0 heterocycles. The van der Waals surface area contributed by atoms with Gasteiger partial charge in [0.05, 0.1) is 7.11 Å². The molecule has 0 bridgehead atoms. The standard InChI is InChI=1S/C15H21NO4/c1-11-7-8-12(13(9-11)20-2)10-16-14(17)5-3-4-6-15(18)19/h7-9H,3-6,10H2,1-2H3,(H,16,17)(H,18,19). The van der Waals surface area contributed by atoms with E-state index in [1.165, 1.54) is 0 Å². The van der Waals surface area contributed by atoms with Crippen molar-refractivity contribution in [2.24, 2.45) is 0 Å². The predicted octanol–water partition coefficient (Wildman–Crippen LogP) is 2.26. The van der Waals surface area contributed by atoms with Gasteiger partial charge in [0, 0.05) is 24.9 Å². The topological polar surface area (TPSA) is 75.6 Å². The maximum absolute atomic E-state index is 11.6. The molecule has 0 aromatic heterocycles. The molecule has 0 atom stereocenters. The second-order valence-electron chi connectivity index (χ2n) is 4.69. The normalized spacial score (nSPS) is 10.1. The van der Waals surface area contributed by atoms with Gasteiger partial charge in [-0.1, -0.05) is 12.1 Å². The van der Waals surface area contributed by atoms with Crippen molar-refractivity contribution in [3.63, 3.8) is 0 Å². The van der Waals surface area contributed by atoms with Gasteiger partial charge in [0.15, 0.2) is 0 Å². The molecule has 20 heavy (non-hydrogen) atoms. The molecule has 0 radical (unpaired) electrons. The van der Waals surface area contributed by atoms with Crippen molar-refractivity contribution in [3.05, 3.63) is 29.3 Å². The van der Waals surface area contributed by atoms with Crippen LogP contribution in [-0.2, 0) is 16.1 Å². The number of nitrogens with one attached hydrogen (secondary N) is 1. The Morgan fingerprint density at radius 1 is 1.25 bits per heavy atom. The molecular formula is C15H21NO4. The number of hydrogen-bond donors (Lipinski definition) is 2. The number of aliphatic carboxylic acids is 1. The summed E-state index contributed by atoms with van der Waals surface area (Å²) in [5.74, 6) is -0.135. The van der Waals surface area contributed by atoms with E-state index in [0.29, 0.717) is 25.8 Å². The van der Waals surface area contributed by atoms with Crippen molar-refractivity contribution in [2.45, 2.75) is 39.2 Å². The first-order valence-electron chi connectivity index (χ1n) is 6.65. The van der Waals surface area contributed by atoms with Gasteiger partial charge in [-0.15, -0.1) is 0 Å². The highest BCUT2D eigenvalue weighted by Gasteiger charge is 2.06. The second kappa shape index (κ2) is 8.19. The number of carbonyl (C=O) groups excluding carboxylic acids is 1. The summed E-state index contributed by atoms with van der Waals surface area (Å²) in [5, 5.41) is 11.3. The quantitative estimate of drug-likeness (QED) is 0.716. The lowest BCUT2D eigenvalue weighted by Crippen LogP contribution is -2.22. The van der Waals surface area contributed by atoms with Crippen LogP contribution in [0.2, 0.25) is 0 Å². The van der Waals surface area contributed by atoms with E-state index in [1.807, 2.05) is 25.1 Å². The van der Waals surface area contributed by atoms with Crippen molar-refractivity contribution in [3.8, 4) is 5.75 Å². The van der Waals surface area contributed by atoms with E-state index in [9.17, 15) is 9.59 Å². The minimum atomic E-state index is -0.824. The molecular weight excluding hydrogens is 258 g/mol. The van der Waals surface area contributed by atoms with Gasteiger partial charge in [-0.3, -0.25) is 9.59 Å². The summed E-state index contributed by atoms with van der Waals surface area (Å²) >= 11 is 0. The molecule has 110 valence electrons. The van der Waals surface area contributed by atoms with Crippen LogP contribution in [0.4, 0.5) is 0 Å². The molecule has 0 aliphatic heterocycles. The molecule has 0 spiro atoms. The van der Waals surface area contributed by atoms with E-state index in [0.717, 1.165) is 16.9 Å². The zero-order valence-electron chi connectivity index (χ0n) is 11.9. The van der Waals surface area contributed by atoms with Crippen LogP contribution >= 0.6 is 0 Å². The molecule has 0 aliphatic rings. The van der Waals surface area contributed by atoms with E-state index < -0.39 is 5.97 Å². The Morgan fingerprint density at radius 3 is 2.60 bits per heavy atom. The highest BCUT2D eigenvalue weighted by molar-refractivity contribution is 5.76. The van der Waals surface area contributed by atoms with Gasteiger partial charge in [-0.2, -0.15) is 0 Å². The van der Waals surface area contributed by atoms with Crippen LogP contribution in [0.15, 0.2) is 18.2 Å². The fraction of sp³-hybridized carbons (Fsp3) is 0.467. The average molecular weight is 279 g/mol. The highest BCUT2D eigenvalue weighted by atomic mass is 16.5. The van der Waals surface area contributed by atoms with E-state index in [1.54, 1.807) is 7.11 Å². The van der Waals surface area contributed by atoms with Crippen molar-refractivity contribution in [2.75, 3.05) is 7.11 Å². The number of rotatable bonds is 8. The van der Waals surface area contributed by atoms with Gasteiger partial charge in [0.25, 0.3) is 0 Å². The van der Waals surface area contributed by atoms with Crippen LogP contribution in [0.1, 0.15) is 36.8 Å². The van der Waals surface area contributed by atoms with Gasteiger partial charge >= 0.3 is 5.97 Å². The van der Waals surface area contributed by atoms with Crippen LogP contribution in [0, 0.1) is 6.92 Å². The monoisotopic (exact) mass is 279 g/mol. The Hall–Kier alpha value is -2.04. The van der Waals surface area contributed by atoms with Gasteiger partial charge in [0.2, 0.25) is 5.91 Å². The first-order chi connectivity index (χ1) is 9.52. The Balaban J connectivity index is 2.35. The number of benzene rings is 1. The Morgan fingerprint density at radius 2 is 1.95 bits per heavy atom. The van der Waals surface area contributed by atoms with Crippen molar-refractivity contribution >= 4 is 11.9 Å². The van der Waals surface area contributed by atoms with Gasteiger partial charge in [-0.05, 0) is 31.4 Å². The van der Waals surface area contributed by atoms with Crippen LogP contribution in [0.25, 0.3) is 0 Å². The fourth-order valence-corrected chi connectivity index (χ4v) is 1.84. The lowest BCUT2D eigenvalue weighted by molar-refractivity contribution is -0.137. The molecule has 0 fully saturated rings. The van der Waals surface area contributed by atoms with E-state index >= 15 is 0 Å². The van der Waals surface area contributed by atoms with Crippen molar-refractivity contribution < 1.29 is 19.4 Å². The number of aryl methyl sites for hydroxylation is 1. The summed E-state index contributed by atoms with van der Waals surface area (Å²) < 4.78 is 5.27. The summed E-state index contributed by atoms with van der Waals surface area (Å²) in [7, 11) is 1.60. The van der Waals surface area contributed by atoms with E-state index in [-0.39, 0.29) is 12.3 Å². The summed E-state index contributed by atoms with van der Waals surface area (Å²) in [4.78, 5) is 22.0. The molecule has 0 aliphatic carbocycles. The van der Waals surface area contributed by atoms with Crippen LogP contribution in [0.5, 0.6) is 5.75 Å². The minimum absolute atomic E-state index is 0.0713. The van der Waals surface area contributed by atoms with Gasteiger partial charge in [-0.25, -0.2) is 0 Å². The van der Waals surface area contributed by atoms with Crippen molar-refractivity contribution in [1.29, 1.82) is 0 Å². The number of hydrogen-bond acceptors (Lipinski definition) is 3. The third-order valence-corrected chi connectivity index (χ3v) is 2.96. The summed E-state index contributed by atoms with van der Waals surface area (Å²) in [6, 6.07) is 5.82. The minimum Gasteiger partial charge on any atom is -0.496 e. The predicted molar refractivity (Wildman–Crippen MR) is 75.7 cm³/mol. The van der Waals surface area contributed by atoms with Crippen LogP contribution in [-0.4, -0.2) is 24.1 Å². The number of carboxylic acids is 1. The average Bonchev–Trinajstić information content (AvgIpc) is 2.41. The summed E-state index contributed by atoms with van der Waals surface area (Å²) in [6.45, 7) is 2.40. The SMILES string of the molecule is COc1cc(C)ccc1CNC(=O)CCCCC(=O)O. The maximum atomic E-state index is 11.6. The Kier molecular flexibility index (Phi) is 6.56. The number of unbranched alkanes of at least 4 members (excludes halogenated alkanes) is 1. The summed E-state index contributed by atoms with van der Waals surface area (Å²) in [6.07, 6.45) is 1.57. The van der Waals surface area contributed by atoms with Crippen LogP contribution < -0.4 is 10.1 Å². The molecule has 0 unspecified atom stereocenters. The largest absolute Gasteiger partial charge is 0.496 e. The third kappa shape index (κ3) is 5.73. The van der Waals surface area contributed by atoms with Gasteiger partial charge in [0.1, 0.15) is 5.75 Å². The maximum Gasteiger partial charge on any atom is 0.303 e. The molecule has 1 rings (SSSR count). The highest BCUT2D eigenvalue weighted by Crippen LogP contribution is 2.19.